The maximum Gasteiger partial charge on any atom is 0.271 e. The molecule has 0 radical (unpaired) electrons. The van der Waals surface area contributed by atoms with E-state index in [1.54, 1.807) is 7.05 Å². The van der Waals surface area contributed by atoms with Gasteiger partial charge >= 0.3 is 0 Å². The first-order valence-electron chi connectivity index (χ1n) is 9.11. The van der Waals surface area contributed by atoms with E-state index in [0.29, 0.717) is 15.4 Å². The summed E-state index contributed by atoms with van der Waals surface area (Å²) in [5.41, 5.74) is 3.34. The van der Waals surface area contributed by atoms with Crippen LogP contribution in [0.25, 0.3) is 21.3 Å². The summed E-state index contributed by atoms with van der Waals surface area (Å²) < 4.78 is 2.14. The van der Waals surface area contributed by atoms with Crippen molar-refractivity contribution in [3.05, 3.63) is 76.4 Å². The summed E-state index contributed by atoms with van der Waals surface area (Å²) in [7, 11) is 1.69. The molecule has 0 spiro atoms. The maximum absolute atomic E-state index is 12.9. The number of para-hydroxylation sites is 1. The Balaban J connectivity index is 1.56. The van der Waals surface area contributed by atoms with Crippen LogP contribution in [0.15, 0.2) is 76.0 Å². The van der Waals surface area contributed by atoms with Crippen LogP contribution in [0.5, 0.6) is 0 Å². The normalized spacial score (nSPS) is 12.1. The number of nitrogens with zero attached hydrogens (tertiary/aromatic N) is 2. The van der Waals surface area contributed by atoms with Crippen LogP contribution >= 0.6 is 23.1 Å². The lowest BCUT2D eigenvalue weighted by Crippen LogP contribution is -2.25. The number of hydrogen-bond acceptors (Lipinski definition) is 5. The number of benzene rings is 2. The molecule has 7 heteroatoms. The molecule has 146 valence electrons. The number of thiophene rings is 1. The van der Waals surface area contributed by atoms with Gasteiger partial charge in [-0.15, -0.1) is 11.3 Å². The van der Waals surface area contributed by atoms with Crippen LogP contribution in [0.1, 0.15) is 6.92 Å². The van der Waals surface area contributed by atoms with Gasteiger partial charge in [-0.05, 0) is 30.0 Å². The van der Waals surface area contributed by atoms with Gasteiger partial charge in [0.2, 0.25) is 5.91 Å². The number of thioether (sulfide) groups is 1. The van der Waals surface area contributed by atoms with Crippen LogP contribution in [0, 0.1) is 0 Å². The van der Waals surface area contributed by atoms with Crippen LogP contribution in [-0.4, -0.2) is 20.7 Å². The average Bonchev–Trinajstić information content (AvgIpc) is 3.21. The molecule has 1 N–H and O–H groups in total. The van der Waals surface area contributed by atoms with Crippen molar-refractivity contribution < 1.29 is 4.79 Å². The first-order valence-corrected chi connectivity index (χ1v) is 10.9. The van der Waals surface area contributed by atoms with Crippen molar-refractivity contribution in [3.8, 4) is 11.1 Å². The van der Waals surface area contributed by atoms with E-state index in [0.717, 1.165) is 16.8 Å². The van der Waals surface area contributed by atoms with E-state index in [2.05, 4.69) is 10.3 Å². The van der Waals surface area contributed by atoms with Gasteiger partial charge in [0.1, 0.15) is 4.70 Å². The molecule has 2 aromatic heterocycles. The van der Waals surface area contributed by atoms with E-state index in [4.69, 9.17) is 0 Å². The second kappa shape index (κ2) is 8.23. The summed E-state index contributed by atoms with van der Waals surface area (Å²) in [5, 5.41) is 4.98. The lowest BCUT2D eigenvalue weighted by atomic mass is 10.0. The first kappa shape index (κ1) is 19.4. The molecule has 5 nitrogen and oxygen atoms in total. The van der Waals surface area contributed by atoms with Gasteiger partial charge in [-0.25, -0.2) is 4.98 Å². The molecule has 4 aromatic rings. The van der Waals surface area contributed by atoms with Crippen LogP contribution in [0.2, 0.25) is 0 Å². The third-order valence-electron chi connectivity index (χ3n) is 4.57. The van der Waals surface area contributed by atoms with E-state index in [9.17, 15) is 9.59 Å². The topological polar surface area (TPSA) is 64.0 Å². The van der Waals surface area contributed by atoms with Gasteiger partial charge in [-0.3, -0.25) is 14.2 Å². The highest BCUT2D eigenvalue weighted by molar-refractivity contribution is 8.00. The number of aromatic nitrogens is 2. The molecule has 0 aliphatic carbocycles. The van der Waals surface area contributed by atoms with E-state index < -0.39 is 5.25 Å². The number of hydrogen-bond donors (Lipinski definition) is 1. The molecule has 1 amide bonds. The van der Waals surface area contributed by atoms with Gasteiger partial charge in [0.25, 0.3) is 5.56 Å². The summed E-state index contributed by atoms with van der Waals surface area (Å²) in [5.74, 6) is -0.141. The van der Waals surface area contributed by atoms with E-state index in [1.165, 1.54) is 27.7 Å². The number of fused-ring (bicyclic) bond motifs is 1. The minimum absolute atomic E-state index is 0.0884. The zero-order valence-electron chi connectivity index (χ0n) is 16.0. The predicted octanol–water partition coefficient (Wildman–Crippen LogP) is 4.78. The Kier molecular flexibility index (Phi) is 5.51. The van der Waals surface area contributed by atoms with Gasteiger partial charge < -0.3 is 5.32 Å². The van der Waals surface area contributed by atoms with Gasteiger partial charge in [0.05, 0.1) is 10.8 Å². The summed E-state index contributed by atoms with van der Waals surface area (Å²) in [6.07, 6.45) is 0. The second-order valence-electron chi connectivity index (χ2n) is 6.55. The van der Waals surface area contributed by atoms with Gasteiger partial charge in [0.15, 0.2) is 5.16 Å². The highest BCUT2D eigenvalue weighted by atomic mass is 32.2. The molecule has 29 heavy (non-hydrogen) atoms. The fraction of sp³-hybridized carbons (Fsp3) is 0.136. The molecule has 1 unspecified atom stereocenters. The Labute approximate surface area is 176 Å². The highest BCUT2D eigenvalue weighted by Gasteiger charge is 2.19. The molecule has 0 saturated heterocycles. The van der Waals surface area contributed by atoms with E-state index in [-0.39, 0.29) is 11.5 Å². The second-order valence-corrected chi connectivity index (χ2v) is 8.78. The van der Waals surface area contributed by atoms with Crippen LogP contribution in [-0.2, 0) is 11.8 Å². The Morgan fingerprint density at radius 3 is 2.62 bits per heavy atom. The number of carbonyl (C=O) groups excluding carboxylic acids is 1. The van der Waals surface area contributed by atoms with Gasteiger partial charge in [-0.1, -0.05) is 60.3 Å². The van der Waals surface area contributed by atoms with Crippen molar-refractivity contribution >= 4 is 44.9 Å². The summed E-state index contributed by atoms with van der Waals surface area (Å²) in [6.45, 7) is 1.81. The molecular formula is C22H19N3O2S2. The number of rotatable bonds is 5. The molecular weight excluding hydrogens is 402 g/mol. The smallest absolute Gasteiger partial charge is 0.271 e. The zero-order valence-corrected chi connectivity index (χ0v) is 17.6. The molecule has 4 rings (SSSR count). The number of amides is 1. The zero-order chi connectivity index (χ0) is 20.4. The highest BCUT2D eigenvalue weighted by Crippen LogP contribution is 2.29. The molecule has 0 aliphatic heterocycles. The fourth-order valence-corrected chi connectivity index (χ4v) is 4.66. The number of nitrogens with one attached hydrogen (secondary N) is 1. The number of anilines is 1. The summed E-state index contributed by atoms with van der Waals surface area (Å²) in [4.78, 5) is 29.9. The Morgan fingerprint density at radius 1 is 1.10 bits per heavy atom. The number of carbonyl (C=O) groups is 1. The summed E-state index contributed by atoms with van der Waals surface area (Å²) >= 11 is 2.65. The average molecular weight is 422 g/mol. The SMILES string of the molecule is CC(Sc1nc2ccsc2c(=O)n1C)C(=O)Nc1ccccc1-c1ccccc1. The van der Waals surface area contributed by atoms with Crippen molar-refractivity contribution in [1.29, 1.82) is 0 Å². The Bertz CT molecular complexity index is 1230. The van der Waals surface area contributed by atoms with Crippen LogP contribution < -0.4 is 10.9 Å². The standard InChI is InChI=1S/C22H19N3O2S2/c1-14(29-22-24-18-12-13-28-19(18)21(27)25(22)2)20(26)23-17-11-7-6-10-16(17)15-8-4-3-5-9-15/h3-14H,1-2H3,(H,23,26). The molecule has 2 heterocycles. The van der Waals surface area contributed by atoms with Crippen molar-refractivity contribution in [3.63, 3.8) is 0 Å². The molecule has 2 aromatic carbocycles. The Hall–Kier alpha value is -2.90. The largest absolute Gasteiger partial charge is 0.325 e. The molecule has 0 bridgehead atoms. The van der Waals surface area contributed by atoms with Crippen LogP contribution in [0.4, 0.5) is 5.69 Å². The monoisotopic (exact) mass is 421 g/mol. The quantitative estimate of drug-likeness (QED) is 0.372. The van der Waals surface area contributed by atoms with Crippen molar-refractivity contribution in [2.24, 2.45) is 7.05 Å². The minimum Gasteiger partial charge on any atom is -0.325 e. The lowest BCUT2D eigenvalue weighted by Gasteiger charge is -2.15. The lowest BCUT2D eigenvalue weighted by molar-refractivity contribution is -0.115. The minimum atomic E-state index is -0.423. The van der Waals surface area contributed by atoms with Crippen LogP contribution in [0.3, 0.4) is 0 Å². The van der Waals surface area contributed by atoms with E-state index in [1.807, 2.05) is 73.0 Å². The molecule has 1 atom stereocenters. The maximum atomic E-state index is 12.9. The molecule has 0 aliphatic rings. The van der Waals surface area contributed by atoms with Gasteiger partial charge in [-0.2, -0.15) is 0 Å². The van der Waals surface area contributed by atoms with Crippen molar-refractivity contribution in [2.45, 2.75) is 17.3 Å². The van der Waals surface area contributed by atoms with E-state index >= 15 is 0 Å². The summed E-state index contributed by atoms with van der Waals surface area (Å²) in [6, 6.07) is 19.5. The van der Waals surface area contributed by atoms with Gasteiger partial charge in [0, 0.05) is 18.3 Å². The molecule has 0 saturated carbocycles. The van der Waals surface area contributed by atoms with Crippen molar-refractivity contribution in [2.75, 3.05) is 5.32 Å². The molecule has 0 fully saturated rings. The first-order chi connectivity index (χ1) is 14.0. The third-order valence-corrected chi connectivity index (χ3v) is 6.60. The predicted molar refractivity (Wildman–Crippen MR) is 121 cm³/mol. The van der Waals surface area contributed by atoms with Crippen molar-refractivity contribution in [1.82, 2.24) is 9.55 Å². The fourth-order valence-electron chi connectivity index (χ4n) is 2.98. The Morgan fingerprint density at radius 2 is 1.83 bits per heavy atom. The third kappa shape index (κ3) is 3.97.